The van der Waals surface area contributed by atoms with Crippen molar-refractivity contribution in [3.8, 4) is 0 Å². The Morgan fingerprint density at radius 1 is 1.11 bits per heavy atom. The Kier molecular flexibility index (Phi) is 7.85. The van der Waals surface area contributed by atoms with Gasteiger partial charge in [0.25, 0.3) is 5.91 Å². The lowest BCUT2D eigenvalue weighted by Gasteiger charge is -2.21. The first kappa shape index (κ1) is 20.5. The number of aryl methyl sites for hydroxylation is 1. The zero-order valence-electron chi connectivity index (χ0n) is 16.2. The molecule has 2 aromatic rings. The standard InChI is InChI=1S/C20H28N4O3/c1-4-11-21-19(25)17-14-27-18(23-17)13-24(12-5-2)20(26)22-16-9-7-15(6-3)8-10-16/h7-10,14H,4-6,11-13H2,1-3H3,(H,21,25)(H,22,26). The van der Waals surface area contributed by atoms with Gasteiger partial charge in [0.05, 0.1) is 6.54 Å². The maximum Gasteiger partial charge on any atom is 0.322 e. The highest BCUT2D eigenvalue weighted by Gasteiger charge is 2.18. The topological polar surface area (TPSA) is 87.5 Å². The Morgan fingerprint density at radius 3 is 2.48 bits per heavy atom. The third kappa shape index (κ3) is 6.13. The van der Waals surface area contributed by atoms with E-state index in [1.165, 1.54) is 11.8 Å². The number of hydrogen-bond donors (Lipinski definition) is 2. The number of amides is 3. The van der Waals surface area contributed by atoms with Crippen molar-refractivity contribution < 1.29 is 14.0 Å². The molecule has 1 aromatic carbocycles. The fourth-order valence-electron chi connectivity index (χ4n) is 2.53. The minimum atomic E-state index is -0.269. The number of rotatable bonds is 9. The highest BCUT2D eigenvalue weighted by molar-refractivity contribution is 5.92. The average Bonchev–Trinajstić information content (AvgIpc) is 3.15. The van der Waals surface area contributed by atoms with E-state index in [0.29, 0.717) is 19.0 Å². The van der Waals surface area contributed by atoms with Crippen LogP contribution < -0.4 is 10.6 Å². The van der Waals surface area contributed by atoms with Gasteiger partial charge in [-0.25, -0.2) is 9.78 Å². The van der Waals surface area contributed by atoms with Crippen molar-refractivity contribution in [1.29, 1.82) is 0 Å². The summed E-state index contributed by atoms with van der Waals surface area (Å²) in [6, 6.07) is 7.55. The zero-order chi connectivity index (χ0) is 19.6. The number of nitrogens with zero attached hydrogens (tertiary/aromatic N) is 2. The number of carbonyl (C=O) groups excluding carboxylic acids is 2. The number of urea groups is 1. The summed E-state index contributed by atoms with van der Waals surface area (Å²) in [5.41, 5.74) is 2.18. The molecule has 0 spiro atoms. The summed E-state index contributed by atoms with van der Waals surface area (Å²) < 4.78 is 5.38. The minimum absolute atomic E-state index is 0.202. The van der Waals surface area contributed by atoms with E-state index in [1.54, 1.807) is 4.90 Å². The predicted molar refractivity (Wildman–Crippen MR) is 105 cm³/mol. The molecule has 0 radical (unpaired) electrons. The van der Waals surface area contributed by atoms with E-state index in [9.17, 15) is 9.59 Å². The fourth-order valence-corrected chi connectivity index (χ4v) is 2.53. The molecule has 1 heterocycles. The number of hydrogen-bond acceptors (Lipinski definition) is 4. The molecular formula is C20H28N4O3. The van der Waals surface area contributed by atoms with Crippen molar-refractivity contribution in [3.63, 3.8) is 0 Å². The highest BCUT2D eigenvalue weighted by Crippen LogP contribution is 2.13. The molecule has 7 nitrogen and oxygen atoms in total. The van der Waals surface area contributed by atoms with Gasteiger partial charge in [-0.15, -0.1) is 0 Å². The van der Waals surface area contributed by atoms with Crippen molar-refractivity contribution in [3.05, 3.63) is 47.7 Å². The van der Waals surface area contributed by atoms with Crippen LogP contribution in [0, 0.1) is 0 Å². The van der Waals surface area contributed by atoms with Gasteiger partial charge >= 0.3 is 6.03 Å². The van der Waals surface area contributed by atoms with Crippen molar-refractivity contribution in [1.82, 2.24) is 15.2 Å². The third-order valence-corrected chi connectivity index (χ3v) is 4.04. The smallest absolute Gasteiger partial charge is 0.322 e. The number of oxazole rings is 1. The first-order valence-electron chi connectivity index (χ1n) is 9.44. The molecular weight excluding hydrogens is 344 g/mol. The molecule has 0 atom stereocenters. The van der Waals surface area contributed by atoms with E-state index >= 15 is 0 Å². The Balaban J connectivity index is 2.00. The lowest BCUT2D eigenvalue weighted by atomic mass is 10.1. The first-order chi connectivity index (χ1) is 13.1. The van der Waals surface area contributed by atoms with Crippen molar-refractivity contribution in [2.45, 2.75) is 46.6 Å². The quantitative estimate of drug-likeness (QED) is 0.700. The lowest BCUT2D eigenvalue weighted by molar-refractivity contribution is 0.0948. The van der Waals surface area contributed by atoms with Crippen LogP contribution in [-0.4, -0.2) is 34.9 Å². The van der Waals surface area contributed by atoms with E-state index in [4.69, 9.17) is 4.42 Å². The molecule has 0 aliphatic heterocycles. The van der Waals surface area contributed by atoms with Crippen LogP contribution in [0.4, 0.5) is 10.5 Å². The Hall–Kier alpha value is -2.83. The molecule has 0 saturated carbocycles. The van der Waals surface area contributed by atoms with E-state index in [-0.39, 0.29) is 24.2 Å². The summed E-state index contributed by atoms with van der Waals surface area (Å²) in [5.74, 6) is 0.0657. The van der Waals surface area contributed by atoms with Crippen LogP contribution in [0.5, 0.6) is 0 Å². The average molecular weight is 372 g/mol. The van der Waals surface area contributed by atoms with E-state index in [1.807, 2.05) is 38.1 Å². The highest BCUT2D eigenvalue weighted by atomic mass is 16.3. The van der Waals surface area contributed by atoms with Gasteiger partial charge in [-0.1, -0.05) is 32.9 Å². The van der Waals surface area contributed by atoms with E-state index in [2.05, 4.69) is 22.5 Å². The van der Waals surface area contributed by atoms with Gasteiger partial charge in [0.15, 0.2) is 5.69 Å². The van der Waals surface area contributed by atoms with Gasteiger partial charge in [-0.2, -0.15) is 0 Å². The summed E-state index contributed by atoms with van der Waals surface area (Å²) in [7, 11) is 0. The van der Waals surface area contributed by atoms with Gasteiger partial charge in [0.2, 0.25) is 5.89 Å². The van der Waals surface area contributed by atoms with E-state index < -0.39 is 0 Å². The molecule has 0 fully saturated rings. The summed E-state index contributed by atoms with van der Waals surface area (Å²) in [5, 5.41) is 5.64. The van der Waals surface area contributed by atoms with Crippen LogP contribution in [0.15, 0.2) is 34.9 Å². The second-order valence-corrected chi connectivity index (χ2v) is 6.28. The molecule has 1 aromatic heterocycles. The third-order valence-electron chi connectivity index (χ3n) is 4.04. The van der Waals surface area contributed by atoms with Crippen LogP contribution in [0.1, 0.15) is 55.6 Å². The molecule has 2 rings (SSSR count). The minimum Gasteiger partial charge on any atom is -0.446 e. The maximum atomic E-state index is 12.6. The summed E-state index contributed by atoms with van der Waals surface area (Å²) in [6.07, 6.45) is 3.92. The van der Waals surface area contributed by atoms with Crippen LogP contribution in [0.3, 0.4) is 0 Å². The summed E-state index contributed by atoms with van der Waals surface area (Å²) in [4.78, 5) is 30.4. The summed E-state index contributed by atoms with van der Waals surface area (Å²) >= 11 is 0. The number of nitrogens with one attached hydrogen (secondary N) is 2. The second kappa shape index (κ2) is 10.4. The molecule has 0 saturated heterocycles. The van der Waals surface area contributed by atoms with Gasteiger partial charge in [0, 0.05) is 18.8 Å². The molecule has 0 aliphatic rings. The van der Waals surface area contributed by atoms with Crippen molar-refractivity contribution in [2.75, 3.05) is 18.4 Å². The molecule has 0 unspecified atom stereocenters. The van der Waals surface area contributed by atoms with Crippen LogP contribution in [0.25, 0.3) is 0 Å². The lowest BCUT2D eigenvalue weighted by Crippen LogP contribution is -2.35. The van der Waals surface area contributed by atoms with Gasteiger partial charge in [0.1, 0.15) is 6.26 Å². The Labute approximate surface area is 160 Å². The van der Waals surface area contributed by atoms with Crippen LogP contribution in [0.2, 0.25) is 0 Å². The molecule has 0 bridgehead atoms. The van der Waals surface area contributed by atoms with Crippen molar-refractivity contribution >= 4 is 17.6 Å². The predicted octanol–water partition coefficient (Wildman–Crippen LogP) is 3.82. The van der Waals surface area contributed by atoms with Gasteiger partial charge in [-0.3, -0.25) is 4.79 Å². The number of benzene rings is 1. The maximum absolute atomic E-state index is 12.6. The largest absolute Gasteiger partial charge is 0.446 e. The SMILES string of the molecule is CCCNC(=O)c1coc(CN(CCC)C(=O)Nc2ccc(CC)cc2)n1. The Morgan fingerprint density at radius 2 is 1.85 bits per heavy atom. The molecule has 2 N–H and O–H groups in total. The number of carbonyl (C=O) groups is 2. The monoisotopic (exact) mass is 372 g/mol. The van der Waals surface area contributed by atoms with Gasteiger partial charge < -0.3 is 20.0 Å². The molecule has 7 heteroatoms. The van der Waals surface area contributed by atoms with Gasteiger partial charge in [-0.05, 0) is 37.0 Å². The second-order valence-electron chi connectivity index (χ2n) is 6.28. The van der Waals surface area contributed by atoms with Crippen LogP contribution in [-0.2, 0) is 13.0 Å². The molecule has 0 aliphatic carbocycles. The summed E-state index contributed by atoms with van der Waals surface area (Å²) in [6.45, 7) is 7.40. The number of aromatic nitrogens is 1. The zero-order valence-corrected chi connectivity index (χ0v) is 16.2. The molecule has 27 heavy (non-hydrogen) atoms. The molecule has 146 valence electrons. The van der Waals surface area contributed by atoms with Crippen molar-refractivity contribution in [2.24, 2.45) is 0 Å². The first-order valence-corrected chi connectivity index (χ1v) is 9.44. The van der Waals surface area contributed by atoms with E-state index in [0.717, 1.165) is 24.9 Å². The fraction of sp³-hybridized carbons (Fsp3) is 0.450. The Bertz CT molecular complexity index is 740. The normalized spacial score (nSPS) is 10.5. The number of anilines is 1. The molecule has 3 amide bonds. The van der Waals surface area contributed by atoms with Crippen LogP contribution >= 0.6 is 0 Å².